The van der Waals surface area contributed by atoms with Crippen LogP contribution in [0.5, 0.6) is 0 Å². The molecule has 0 bridgehead atoms. The van der Waals surface area contributed by atoms with Crippen molar-refractivity contribution < 1.29 is 0 Å². The minimum Gasteiger partial charge on any atom is -0.132 e. The van der Waals surface area contributed by atoms with E-state index in [9.17, 15) is 0 Å². The first-order chi connectivity index (χ1) is 5.83. The van der Waals surface area contributed by atoms with E-state index in [2.05, 4.69) is 32.2 Å². The van der Waals surface area contributed by atoms with Gasteiger partial charge in [-0.1, -0.05) is 0 Å². The summed E-state index contributed by atoms with van der Waals surface area (Å²) in [5.74, 6) is 6.98. The van der Waals surface area contributed by atoms with Gasteiger partial charge in [-0.05, 0) is 13.8 Å². The van der Waals surface area contributed by atoms with Gasteiger partial charge in [0.15, 0.2) is 11.6 Å². The molecule has 0 amide bonds. The van der Waals surface area contributed by atoms with E-state index < -0.39 is 0 Å². The van der Waals surface area contributed by atoms with Crippen molar-refractivity contribution in [3.8, 4) is 11.8 Å². The average Bonchev–Trinajstić information content (AvgIpc) is 2.09. The number of hydrogen-bond donors (Lipinski definition) is 0. The molecule has 1 heterocycles. The Bertz CT molecular complexity index is 293. The zero-order valence-corrected chi connectivity index (χ0v) is 7.20. The summed E-state index contributed by atoms with van der Waals surface area (Å²) in [7, 11) is 0. The number of hydrogen-bond acceptors (Lipinski definition) is 4. The third kappa shape index (κ3) is 2.62. The average molecular weight is 162 g/mol. The minimum atomic E-state index is 0.598. The van der Waals surface area contributed by atoms with Crippen LogP contribution in [0, 0.1) is 18.8 Å². The van der Waals surface area contributed by atoms with E-state index in [-0.39, 0.29) is 0 Å². The molecule has 0 aromatic carbocycles. The van der Waals surface area contributed by atoms with Crippen LogP contribution < -0.4 is 0 Å². The van der Waals surface area contributed by atoms with Gasteiger partial charge in [0, 0.05) is 12.8 Å². The van der Waals surface area contributed by atoms with Crippen LogP contribution in [-0.2, 0) is 6.42 Å². The summed E-state index contributed by atoms with van der Waals surface area (Å²) >= 11 is 0. The molecule has 62 valence electrons. The molecule has 4 heteroatoms. The van der Waals surface area contributed by atoms with Crippen LogP contribution in [0.1, 0.15) is 25.0 Å². The maximum atomic E-state index is 3.86. The van der Waals surface area contributed by atoms with Gasteiger partial charge >= 0.3 is 0 Å². The lowest BCUT2D eigenvalue weighted by molar-refractivity contribution is 0.724. The van der Waals surface area contributed by atoms with Gasteiger partial charge in [0.1, 0.15) is 0 Å². The molecule has 0 aliphatic carbocycles. The highest BCUT2D eigenvalue weighted by atomic mass is 15.3. The molecule has 1 rings (SSSR count). The summed E-state index contributed by atoms with van der Waals surface area (Å²) in [6.07, 6.45) is 1.49. The predicted molar refractivity (Wildman–Crippen MR) is 44.1 cm³/mol. The highest BCUT2D eigenvalue weighted by Gasteiger charge is 1.95. The standard InChI is InChI=1S/C8H10N4/c1-3-4-5-6-8-11-9-7(2)10-12-8/h5-6H2,1-2H3. The van der Waals surface area contributed by atoms with Crippen LogP contribution in [0.2, 0.25) is 0 Å². The van der Waals surface area contributed by atoms with Crippen LogP contribution in [0.15, 0.2) is 0 Å². The molecule has 0 spiro atoms. The SMILES string of the molecule is CC#CCCc1nnc(C)nn1. The molecule has 0 radical (unpaired) electrons. The van der Waals surface area contributed by atoms with Crippen molar-refractivity contribution in [3.05, 3.63) is 11.6 Å². The Morgan fingerprint density at radius 3 is 2.42 bits per heavy atom. The Hall–Kier alpha value is -1.50. The fourth-order valence-corrected chi connectivity index (χ4v) is 0.699. The van der Waals surface area contributed by atoms with Gasteiger partial charge in [-0.2, -0.15) is 0 Å². The van der Waals surface area contributed by atoms with Crippen molar-refractivity contribution in [3.63, 3.8) is 0 Å². The molecule has 0 aliphatic heterocycles. The molecule has 0 atom stereocenters. The van der Waals surface area contributed by atoms with E-state index >= 15 is 0 Å². The zero-order chi connectivity index (χ0) is 8.81. The lowest BCUT2D eigenvalue weighted by Gasteiger charge is -1.92. The first-order valence-corrected chi connectivity index (χ1v) is 3.75. The summed E-state index contributed by atoms with van der Waals surface area (Å²) in [6.45, 7) is 3.57. The van der Waals surface area contributed by atoms with E-state index in [1.165, 1.54) is 0 Å². The van der Waals surface area contributed by atoms with Gasteiger partial charge in [0.25, 0.3) is 0 Å². The van der Waals surface area contributed by atoms with Gasteiger partial charge < -0.3 is 0 Å². The van der Waals surface area contributed by atoms with Crippen LogP contribution in [0.3, 0.4) is 0 Å². The molecule has 0 unspecified atom stereocenters. The number of nitrogens with zero attached hydrogens (tertiary/aromatic N) is 4. The monoisotopic (exact) mass is 162 g/mol. The second-order valence-electron chi connectivity index (χ2n) is 2.29. The summed E-state index contributed by atoms with van der Waals surface area (Å²) < 4.78 is 0. The van der Waals surface area contributed by atoms with Crippen molar-refractivity contribution >= 4 is 0 Å². The van der Waals surface area contributed by atoms with Gasteiger partial charge in [-0.25, -0.2) is 0 Å². The Kier molecular flexibility index (Phi) is 3.15. The van der Waals surface area contributed by atoms with Gasteiger partial charge in [-0.15, -0.1) is 32.2 Å². The second kappa shape index (κ2) is 4.39. The molecule has 4 nitrogen and oxygen atoms in total. The summed E-state index contributed by atoms with van der Waals surface area (Å²) in [4.78, 5) is 0. The molecular weight excluding hydrogens is 152 g/mol. The van der Waals surface area contributed by atoms with Crippen LogP contribution in [-0.4, -0.2) is 20.4 Å². The van der Waals surface area contributed by atoms with Gasteiger partial charge in [0.2, 0.25) is 0 Å². The first-order valence-electron chi connectivity index (χ1n) is 3.75. The molecule has 1 aromatic rings. The molecule has 1 aromatic heterocycles. The Labute approximate surface area is 71.4 Å². The summed E-state index contributed by atoms with van der Waals surface area (Å²) in [6, 6.07) is 0. The quantitative estimate of drug-likeness (QED) is 0.595. The third-order valence-electron chi connectivity index (χ3n) is 1.27. The molecule has 0 saturated carbocycles. The second-order valence-corrected chi connectivity index (χ2v) is 2.29. The van der Waals surface area contributed by atoms with Gasteiger partial charge in [-0.3, -0.25) is 0 Å². The van der Waals surface area contributed by atoms with Crippen LogP contribution in [0.25, 0.3) is 0 Å². The molecule has 0 N–H and O–H groups in total. The molecule has 0 aliphatic rings. The van der Waals surface area contributed by atoms with E-state index in [1.807, 2.05) is 6.92 Å². The van der Waals surface area contributed by atoms with Crippen molar-refractivity contribution in [2.45, 2.75) is 26.7 Å². The summed E-state index contributed by atoms with van der Waals surface area (Å²) in [5, 5.41) is 15.3. The lowest BCUT2D eigenvalue weighted by Crippen LogP contribution is -2.01. The fourth-order valence-electron chi connectivity index (χ4n) is 0.699. The Morgan fingerprint density at radius 2 is 1.83 bits per heavy atom. The Morgan fingerprint density at radius 1 is 1.17 bits per heavy atom. The van der Waals surface area contributed by atoms with E-state index in [0.717, 1.165) is 12.8 Å². The fraction of sp³-hybridized carbons (Fsp3) is 0.500. The predicted octanol–water partition coefficient (Wildman–Crippen LogP) is 0.531. The third-order valence-corrected chi connectivity index (χ3v) is 1.27. The molecule has 0 fully saturated rings. The van der Waals surface area contributed by atoms with E-state index in [0.29, 0.717) is 11.6 Å². The largest absolute Gasteiger partial charge is 0.174 e. The number of aromatic nitrogens is 4. The van der Waals surface area contributed by atoms with E-state index in [1.54, 1.807) is 6.92 Å². The number of rotatable bonds is 2. The maximum absolute atomic E-state index is 3.86. The highest BCUT2D eigenvalue weighted by Crippen LogP contribution is 1.90. The first kappa shape index (κ1) is 8.60. The van der Waals surface area contributed by atoms with Crippen molar-refractivity contribution in [2.24, 2.45) is 0 Å². The minimum absolute atomic E-state index is 0.598. The van der Waals surface area contributed by atoms with Crippen molar-refractivity contribution in [1.82, 2.24) is 20.4 Å². The zero-order valence-electron chi connectivity index (χ0n) is 7.20. The van der Waals surface area contributed by atoms with Crippen LogP contribution >= 0.6 is 0 Å². The summed E-state index contributed by atoms with van der Waals surface area (Å²) in [5.41, 5.74) is 0. The van der Waals surface area contributed by atoms with E-state index in [4.69, 9.17) is 0 Å². The molecule has 0 saturated heterocycles. The molecule has 12 heavy (non-hydrogen) atoms. The number of aryl methyl sites for hydroxylation is 2. The Balaban J connectivity index is 2.51. The maximum Gasteiger partial charge on any atom is 0.174 e. The van der Waals surface area contributed by atoms with Crippen molar-refractivity contribution in [1.29, 1.82) is 0 Å². The normalized spacial score (nSPS) is 8.83. The lowest BCUT2D eigenvalue weighted by atomic mass is 10.3. The highest BCUT2D eigenvalue weighted by molar-refractivity contribution is 4.97. The van der Waals surface area contributed by atoms with Crippen molar-refractivity contribution in [2.75, 3.05) is 0 Å². The van der Waals surface area contributed by atoms with Gasteiger partial charge in [0.05, 0.1) is 0 Å². The topological polar surface area (TPSA) is 51.6 Å². The molecular formula is C8H10N4. The smallest absolute Gasteiger partial charge is 0.132 e. The van der Waals surface area contributed by atoms with Crippen LogP contribution in [0.4, 0.5) is 0 Å².